The molecule has 1 atom stereocenters. The van der Waals surface area contributed by atoms with Gasteiger partial charge in [-0.1, -0.05) is 0 Å². The van der Waals surface area contributed by atoms with Crippen molar-refractivity contribution in [3.8, 4) is 12.3 Å². The quantitative estimate of drug-likeness (QED) is 0.368. The third kappa shape index (κ3) is 2.83. The largest absolute Gasteiger partial charge is 0.271 e. The SMILES string of the molecule is C#CCCCC(NN)c1cnc2ccsc2c1. The maximum atomic E-state index is 5.58. The van der Waals surface area contributed by atoms with Gasteiger partial charge in [0.05, 0.1) is 10.2 Å². The second-order valence-corrected chi connectivity index (χ2v) is 4.84. The van der Waals surface area contributed by atoms with Crippen LogP contribution in [0, 0.1) is 12.3 Å². The molecule has 2 rings (SSSR count). The molecule has 2 heterocycles. The third-order valence-corrected chi connectivity index (χ3v) is 3.59. The van der Waals surface area contributed by atoms with E-state index in [1.165, 1.54) is 4.70 Å². The molecule has 0 saturated heterocycles. The van der Waals surface area contributed by atoms with Crippen molar-refractivity contribution in [2.45, 2.75) is 25.3 Å². The fourth-order valence-electron chi connectivity index (χ4n) is 1.81. The predicted molar refractivity (Wildman–Crippen MR) is 72.4 cm³/mol. The first-order valence-corrected chi connectivity index (χ1v) is 6.46. The van der Waals surface area contributed by atoms with Crippen LogP contribution < -0.4 is 11.3 Å². The van der Waals surface area contributed by atoms with Gasteiger partial charge in [0.15, 0.2) is 0 Å². The van der Waals surface area contributed by atoms with Gasteiger partial charge in [-0.2, -0.15) is 0 Å². The lowest BCUT2D eigenvalue weighted by Gasteiger charge is -2.15. The molecule has 2 aromatic heterocycles. The minimum Gasteiger partial charge on any atom is -0.271 e. The van der Waals surface area contributed by atoms with Crippen molar-refractivity contribution in [1.82, 2.24) is 10.4 Å². The van der Waals surface area contributed by atoms with E-state index >= 15 is 0 Å². The summed E-state index contributed by atoms with van der Waals surface area (Å²) in [6.07, 6.45) is 9.81. The van der Waals surface area contributed by atoms with E-state index in [2.05, 4.69) is 22.4 Å². The Balaban J connectivity index is 2.15. The Hall–Kier alpha value is -1.41. The molecule has 4 heteroatoms. The Morgan fingerprint density at radius 3 is 3.24 bits per heavy atom. The summed E-state index contributed by atoms with van der Waals surface area (Å²) in [5.41, 5.74) is 4.99. The second-order valence-electron chi connectivity index (χ2n) is 3.89. The summed E-state index contributed by atoms with van der Waals surface area (Å²) in [6, 6.07) is 4.29. The van der Waals surface area contributed by atoms with Crippen molar-refractivity contribution in [3.05, 3.63) is 29.3 Å². The molecule has 0 aliphatic heterocycles. The van der Waals surface area contributed by atoms with Gasteiger partial charge in [0, 0.05) is 18.7 Å². The number of nitrogens with zero attached hydrogens (tertiary/aromatic N) is 1. The van der Waals surface area contributed by atoms with E-state index < -0.39 is 0 Å². The van der Waals surface area contributed by atoms with Gasteiger partial charge in [-0.25, -0.2) is 0 Å². The van der Waals surface area contributed by atoms with Crippen LogP contribution in [0.5, 0.6) is 0 Å². The first-order chi connectivity index (χ1) is 8.35. The maximum absolute atomic E-state index is 5.58. The monoisotopic (exact) mass is 245 g/mol. The molecule has 3 nitrogen and oxygen atoms in total. The number of rotatable bonds is 5. The van der Waals surface area contributed by atoms with Crippen LogP contribution in [0.1, 0.15) is 30.9 Å². The van der Waals surface area contributed by atoms with Gasteiger partial charge >= 0.3 is 0 Å². The van der Waals surface area contributed by atoms with Crippen molar-refractivity contribution in [1.29, 1.82) is 0 Å². The van der Waals surface area contributed by atoms with E-state index in [1.54, 1.807) is 11.3 Å². The summed E-state index contributed by atoms with van der Waals surface area (Å²) in [5, 5.41) is 2.05. The molecule has 1 unspecified atom stereocenters. The molecule has 3 N–H and O–H groups in total. The lowest BCUT2D eigenvalue weighted by Crippen LogP contribution is -2.28. The molecule has 0 amide bonds. The predicted octanol–water partition coefficient (Wildman–Crippen LogP) is 2.60. The molecule has 0 saturated carbocycles. The van der Waals surface area contributed by atoms with Crippen LogP contribution >= 0.6 is 11.3 Å². The minimum atomic E-state index is 0.127. The van der Waals surface area contributed by atoms with Crippen molar-refractivity contribution in [2.75, 3.05) is 0 Å². The average molecular weight is 245 g/mol. The number of thiophene rings is 1. The van der Waals surface area contributed by atoms with Crippen LogP contribution in [0.3, 0.4) is 0 Å². The van der Waals surface area contributed by atoms with Crippen molar-refractivity contribution in [3.63, 3.8) is 0 Å². The van der Waals surface area contributed by atoms with Crippen molar-refractivity contribution in [2.24, 2.45) is 5.84 Å². The molecule has 0 aliphatic carbocycles. The van der Waals surface area contributed by atoms with E-state index in [4.69, 9.17) is 12.3 Å². The maximum Gasteiger partial charge on any atom is 0.0809 e. The Morgan fingerprint density at radius 1 is 1.59 bits per heavy atom. The topological polar surface area (TPSA) is 50.9 Å². The highest BCUT2D eigenvalue weighted by atomic mass is 32.1. The number of terminal acetylenes is 1. The lowest BCUT2D eigenvalue weighted by molar-refractivity contribution is 0.502. The summed E-state index contributed by atoms with van der Waals surface area (Å²) in [5.74, 6) is 8.22. The molecule has 0 fully saturated rings. The Labute approximate surface area is 105 Å². The average Bonchev–Trinajstić information content (AvgIpc) is 2.82. The summed E-state index contributed by atoms with van der Waals surface area (Å²) in [4.78, 5) is 4.41. The zero-order valence-electron chi connectivity index (χ0n) is 9.52. The van der Waals surface area contributed by atoms with Crippen LogP contribution in [0.25, 0.3) is 10.2 Å². The van der Waals surface area contributed by atoms with Gasteiger partial charge in [0.2, 0.25) is 0 Å². The highest BCUT2D eigenvalue weighted by Crippen LogP contribution is 2.24. The standard InChI is InChI=1S/C13H15N3S/c1-2-3-4-5-11(16-14)10-8-13-12(15-9-10)6-7-17-13/h1,6-9,11,16H,3-5,14H2. The molecule has 2 aromatic rings. The molecule has 17 heavy (non-hydrogen) atoms. The van der Waals surface area contributed by atoms with E-state index in [9.17, 15) is 0 Å². The Bertz CT molecular complexity index is 527. The number of aromatic nitrogens is 1. The van der Waals surface area contributed by atoms with Crippen LogP contribution in [-0.2, 0) is 0 Å². The van der Waals surface area contributed by atoms with Crippen LogP contribution in [0.4, 0.5) is 0 Å². The fraction of sp³-hybridized carbons (Fsp3) is 0.308. The number of fused-ring (bicyclic) bond motifs is 1. The normalized spacial score (nSPS) is 12.5. The second kappa shape index (κ2) is 5.78. The van der Waals surface area contributed by atoms with Crippen LogP contribution in [0.2, 0.25) is 0 Å². The summed E-state index contributed by atoms with van der Waals surface area (Å²) in [7, 11) is 0. The Kier molecular flexibility index (Phi) is 4.10. The third-order valence-electron chi connectivity index (χ3n) is 2.74. The molecule has 0 spiro atoms. The zero-order valence-corrected chi connectivity index (χ0v) is 10.3. The highest BCUT2D eigenvalue weighted by Gasteiger charge is 2.10. The minimum absolute atomic E-state index is 0.127. The summed E-state index contributed by atoms with van der Waals surface area (Å²) < 4.78 is 1.19. The Morgan fingerprint density at radius 2 is 2.47 bits per heavy atom. The first kappa shape index (κ1) is 12.1. The molecule has 0 aliphatic rings. The van der Waals surface area contributed by atoms with Crippen molar-refractivity contribution >= 4 is 21.6 Å². The fourth-order valence-corrected chi connectivity index (χ4v) is 2.60. The highest BCUT2D eigenvalue weighted by molar-refractivity contribution is 7.17. The number of pyridine rings is 1. The van der Waals surface area contributed by atoms with Gasteiger partial charge in [0.1, 0.15) is 0 Å². The van der Waals surface area contributed by atoms with E-state index in [1.807, 2.05) is 17.6 Å². The molecular weight excluding hydrogens is 230 g/mol. The van der Waals surface area contributed by atoms with Gasteiger partial charge in [-0.15, -0.1) is 23.7 Å². The number of nitrogens with two attached hydrogens (primary N) is 1. The van der Waals surface area contributed by atoms with Crippen LogP contribution in [-0.4, -0.2) is 4.98 Å². The van der Waals surface area contributed by atoms with E-state index in [0.29, 0.717) is 0 Å². The smallest absolute Gasteiger partial charge is 0.0809 e. The summed E-state index contributed by atoms with van der Waals surface area (Å²) >= 11 is 1.69. The molecule has 88 valence electrons. The zero-order chi connectivity index (χ0) is 12.1. The number of hydrogen-bond acceptors (Lipinski definition) is 4. The van der Waals surface area contributed by atoms with Gasteiger partial charge in [-0.3, -0.25) is 16.3 Å². The summed E-state index contributed by atoms with van der Waals surface area (Å²) in [6.45, 7) is 0. The van der Waals surface area contributed by atoms with E-state index in [-0.39, 0.29) is 6.04 Å². The molecule has 0 radical (unpaired) electrons. The number of nitrogens with one attached hydrogen (secondary N) is 1. The lowest BCUT2D eigenvalue weighted by atomic mass is 10.0. The van der Waals surface area contributed by atoms with Crippen LogP contribution in [0.15, 0.2) is 23.7 Å². The van der Waals surface area contributed by atoms with Crippen molar-refractivity contribution < 1.29 is 0 Å². The van der Waals surface area contributed by atoms with Gasteiger partial charge in [-0.05, 0) is 35.9 Å². The number of unbranched alkanes of at least 4 members (excludes halogenated alkanes) is 1. The number of hydrazine groups is 1. The molecule has 0 bridgehead atoms. The van der Waals surface area contributed by atoms with Gasteiger partial charge in [0.25, 0.3) is 0 Å². The molecule has 0 aromatic carbocycles. The van der Waals surface area contributed by atoms with E-state index in [0.717, 1.165) is 30.3 Å². The first-order valence-electron chi connectivity index (χ1n) is 5.58. The van der Waals surface area contributed by atoms with Gasteiger partial charge < -0.3 is 0 Å². The molecular formula is C13H15N3S. The number of hydrogen-bond donors (Lipinski definition) is 2.